The molecule has 104 valence electrons. The van der Waals surface area contributed by atoms with E-state index in [0.29, 0.717) is 6.42 Å². The molecule has 0 radical (unpaired) electrons. The molecule has 0 aromatic rings. The third kappa shape index (κ3) is 36.6. The Morgan fingerprint density at radius 3 is 2.06 bits per heavy atom. The molecule has 0 spiro atoms. The minimum atomic E-state index is -0.441. The van der Waals surface area contributed by atoms with E-state index in [4.69, 9.17) is 16.7 Å². The Labute approximate surface area is 112 Å². The van der Waals surface area contributed by atoms with Crippen molar-refractivity contribution in [1.82, 2.24) is 0 Å². The summed E-state index contributed by atoms with van der Waals surface area (Å²) in [5, 5.41) is 8.23. The highest BCUT2D eigenvalue weighted by molar-refractivity contribution is 6.25. The van der Waals surface area contributed by atoms with Crippen LogP contribution in [0.5, 0.6) is 0 Å². The molecule has 0 aromatic carbocycles. The number of hydrogen-bond donors (Lipinski definition) is 1. The summed E-state index contributed by atoms with van der Waals surface area (Å²) in [7, 11) is 0. The summed E-state index contributed by atoms with van der Waals surface area (Å²) >= 11 is 4.76. The fraction of sp³-hybridized carbons (Fsp3) is 0.333. The Morgan fingerprint density at radius 1 is 1.33 bits per heavy atom. The molecular formula is C12H19ClO5. The van der Waals surface area contributed by atoms with Gasteiger partial charge in [0, 0.05) is 26.0 Å². The maximum atomic E-state index is 10.3. The fourth-order valence-electron chi connectivity index (χ4n) is 0.414. The van der Waals surface area contributed by atoms with Gasteiger partial charge in [-0.05, 0) is 5.54 Å². The topological polar surface area (TPSA) is 72.8 Å². The molecule has 0 amide bonds. The van der Waals surface area contributed by atoms with Crippen molar-refractivity contribution >= 4 is 23.5 Å². The summed E-state index contributed by atoms with van der Waals surface area (Å²) in [6, 6.07) is 0. The molecule has 0 aromatic heterocycles. The van der Waals surface area contributed by atoms with Gasteiger partial charge in [-0.1, -0.05) is 31.3 Å². The first kappa shape index (κ1) is 21.7. The summed E-state index contributed by atoms with van der Waals surface area (Å²) in [6.45, 7) is 11.1. The average molecular weight is 279 g/mol. The number of ether oxygens (including phenoxy) is 2. The Morgan fingerprint density at radius 2 is 1.83 bits per heavy atom. The van der Waals surface area contributed by atoms with Crippen LogP contribution >= 0.6 is 11.6 Å². The molecule has 0 saturated heterocycles. The number of rotatable bonds is 5. The van der Waals surface area contributed by atoms with Crippen molar-refractivity contribution in [3.05, 3.63) is 37.6 Å². The summed E-state index contributed by atoms with van der Waals surface area (Å²) in [6.07, 6.45) is 2.68. The molecule has 0 aliphatic rings. The van der Waals surface area contributed by atoms with Crippen LogP contribution in [0, 0.1) is 0 Å². The summed E-state index contributed by atoms with van der Waals surface area (Å²) < 4.78 is 8.68. The maximum absolute atomic E-state index is 10.3. The van der Waals surface area contributed by atoms with Gasteiger partial charge in [0.2, 0.25) is 0 Å². The lowest BCUT2D eigenvalue weighted by Crippen LogP contribution is -2.02. The average Bonchev–Trinajstić information content (AvgIpc) is 2.31. The molecule has 0 saturated carbocycles. The number of esters is 2. The second-order valence-corrected chi connectivity index (χ2v) is 2.69. The van der Waals surface area contributed by atoms with E-state index in [2.05, 4.69) is 29.2 Å². The SMILES string of the molecule is C=CC(=O)OCCCO.C=CCl.C=COC(C)=O. The lowest BCUT2D eigenvalue weighted by atomic mass is 10.5. The predicted octanol–water partition coefficient (Wildman–Crippen LogP) is 2.16. The van der Waals surface area contributed by atoms with Gasteiger partial charge in [0.1, 0.15) is 0 Å². The highest BCUT2D eigenvalue weighted by Crippen LogP contribution is 1.82. The van der Waals surface area contributed by atoms with Crippen molar-refractivity contribution in [3.63, 3.8) is 0 Å². The number of carbonyl (C=O) groups is 2. The normalized spacial score (nSPS) is 7.28. The van der Waals surface area contributed by atoms with Gasteiger partial charge in [0.15, 0.2) is 0 Å². The first-order chi connectivity index (χ1) is 8.49. The van der Waals surface area contributed by atoms with Crippen LogP contribution in [0.25, 0.3) is 0 Å². The van der Waals surface area contributed by atoms with Gasteiger partial charge in [-0.25, -0.2) is 4.79 Å². The van der Waals surface area contributed by atoms with Crippen molar-refractivity contribution in [2.75, 3.05) is 13.2 Å². The van der Waals surface area contributed by atoms with E-state index in [1.54, 1.807) is 0 Å². The number of hydrogen-bond acceptors (Lipinski definition) is 5. The minimum absolute atomic E-state index is 0.0461. The Kier molecular flexibility index (Phi) is 25.0. The second kappa shape index (κ2) is 20.8. The molecule has 0 aliphatic carbocycles. The van der Waals surface area contributed by atoms with Crippen LogP contribution in [0.1, 0.15) is 13.3 Å². The van der Waals surface area contributed by atoms with Gasteiger partial charge in [0.05, 0.1) is 12.9 Å². The Balaban J connectivity index is -0.000000216. The van der Waals surface area contributed by atoms with E-state index in [1.807, 2.05) is 0 Å². The van der Waals surface area contributed by atoms with E-state index in [1.165, 1.54) is 12.5 Å². The molecule has 5 nitrogen and oxygen atoms in total. The number of aliphatic hydroxyl groups excluding tert-OH is 1. The molecular weight excluding hydrogens is 260 g/mol. The van der Waals surface area contributed by atoms with Crippen molar-refractivity contribution in [2.24, 2.45) is 0 Å². The minimum Gasteiger partial charge on any atom is -0.462 e. The molecule has 0 fully saturated rings. The van der Waals surface area contributed by atoms with E-state index < -0.39 is 5.97 Å². The van der Waals surface area contributed by atoms with E-state index in [9.17, 15) is 9.59 Å². The molecule has 0 rings (SSSR count). The van der Waals surface area contributed by atoms with Gasteiger partial charge < -0.3 is 14.6 Å². The van der Waals surface area contributed by atoms with Gasteiger partial charge in [-0.15, -0.1) is 0 Å². The lowest BCUT2D eigenvalue weighted by Gasteiger charge is -1.96. The standard InChI is InChI=1S/C6H10O3.C4H6O2.C2H3Cl/c1-2-6(8)9-5-3-4-7;1-3-6-4(2)5;1-2-3/h2,7H,1,3-5H2;3H,1H2,2H3;2H,1H2. The molecule has 0 atom stereocenters. The summed E-state index contributed by atoms with van der Waals surface area (Å²) in [5.74, 6) is -0.770. The van der Waals surface area contributed by atoms with Crippen molar-refractivity contribution in [2.45, 2.75) is 13.3 Å². The summed E-state index contributed by atoms with van der Waals surface area (Å²) in [4.78, 5) is 20.0. The van der Waals surface area contributed by atoms with Crippen LogP contribution in [0.3, 0.4) is 0 Å². The van der Waals surface area contributed by atoms with E-state index >= 15 is 0 Å². The molecule has 0 heterocycles. The number of carbonyl (C=O) groups excluding carboxylic acids is 2. The zero-order chi connectivity index (χ0) is 14.8. The van der Waals surface area contributed by atoms with Crippen LogP contribution in [0.2, 0.25) is 0 Å². The maximum Gasteiger partial charge on any atom is 0.330 e. The molecule has 0 aliphatic heterocycles. The van der Waals surface area contributed by atoms with E-state index in [-0.39, 0.29) is 19.2 Å². The van der Waals surface area contributed by atoms with Crippen LogP contribution in [-0.2, 0) is 19.1 Å². The first-order valence-electron chi connectivity index (χ1n) is 4.89. The van der Waals surface area contributed by atoms with Gasteiger partial charge >= 0.3 is 11.9 Å². The number of halogens is 1. The Hall–Kier alpha value is -1.59. The second-order valence-electron chi connectivity index (χ2n) is 2.38. The monoisotopic (exact) mass is 278 g/mol. The molecule has 1 N–H and O–H groups in total. The highest BCUT2D eigenvalue weighted by Gasteiger charge is 1.91. The van der Waals surface area contributed by atoms with Crippen LogP contribution in [0.4, 0.5) is 0 Å². The van der Waals surface area contributed by atoms with Gasteiger partial charge in [-0.3, -0.25) is 4.79 Å². The van der Waals surface area contributed by atoms with Crippen molar-refractivity contribution < 1.29 is 24.2 Å². The van der Waals surface area contributed by atoms with Crippen LogP contribution in [-0.4, -0.2) is 30.3 Å². The third-order valence-electron chi connectivity index (χ3n) is 0.963. The fourth-order valence-corrected chi connectivity index (χ4v) is 0.414. The van der Waals surface area contributed by atoms with Crippen molar-refractivity contribution in [3.8, 4) is 0 Å². The molecule has 6 heteroatoms. The zero-order valence-electron chi connectivity index (χ0n) is 10.4. The third-order valence-corrected chi connectivity index (χ3v) is 0.963. The van der Waals surface area contributed by atoms with Gasteiger partial charge in [0.25, 0.3) is 0 Å². The molecule has 0 bridgehead atoms. The van der Waals surface area contributed by atoms with Gasteiger partial charge in [-0.2, -0.15) is 0 Å². The van der Waals surface area contributed by atoms with Crippen LogP contribution in [0.15, 0.2) is 37.6 Å². The Bertz CT molecular complexity index is 251. The molecule has 18 heavy (non-hydrogen) atoms. The number of aliphatic hydroxyl groups is 1. The summed E-state index contributed by atoms with van der Waals surface area (Å²) in [5.41, 5.74) is 1.22. The zero-order valence-corrected chi connectivity index (χ0v) is 11.2. The van der Waals surface area contributed by atoms with Crippen molar-refractivity contribution in [1.29, 1.82) is 0 Å². The predicted molar refractivity (Wildman–Crippen MR) is 70.9 cm³/mol. The first-order valence-corrected chi connectivity index (χ1v) is 5.33. The highest BCUT2D eigenvalue weighted by atomic mass is 35.5. The molecule has 0 unspecified atom stereocenters. The largest absolute Gasteiger partial charge is 0.462 e. The quantitative estimate of drug-likeness (QED) is 0.361. The smallest absolute Gasteiger partial charge is 0.330 e. The lowest BCUT2D eigenvalue weighted by molar-refractivity contribution is -0.138. The van der Waals surface area contributed by atoms with Crippen LogP contribution < -0.4 is 0 Å². The van der Waals surface area contributed by atoms with E-state index in [0.717, 1.165) is 12.3 Å².